The zero-order valence-electron chi connectivity index (χ0n) is 13.5. The lowest BCUT2D eigenvalue weighted by Gasteiger charge is -2.29. The number of aliphatic hydroxyl groups excluding tert-OH is 1. The van der Waals surface area contributed by atoms with Gasteiger partial charge in [-0.25, -0.2) is 13.9 Å². The van der Waals surface area contributed by atoms with E-state index in [1.165, 1.54) is 0 Å². The Labute approximate surface area is 145 Å². The summed E-state index contributed by atoms with van der Waals surface area (Å²) >= 11 is 5.90. The van der Waals surface area contributed by atoms with Crippen molar-refractivity contribution in [2.75, 3.05) is 6.61 Å². The molecule has 3 unspecified atom stereocenters. The smallest absolute Gasteiger partial charge is 0.420 e. The monoisotopic (exact) mass is 386 g/mol. The predicted molar refractivity (Wildman–Crippen MR) is 84.1 cm³/mol. The second-order valence-electron chi connectivity index (χ2n) is 6.76. The molecular formula is C14H18ClF3N2O3S. The van der Waals surface area contributed by atoms with Crippen LogP contribution in [0.5, 0.6) is 5.75 Å². The normalized spacial score (nSPS) is 23.5. The topological polar surface area (TPSA) is 71.5 Å². The number of aromatic nitrogens is 1. The summed E-state index contributed by atoms with van der Waals surface area (Å²) in [6.07, 6.45) is -7.64. The lowest BCUT2D eigenvalue weighted by molar-refractivity contribution is -0.208. The quantitative estimate of drug-likeness (QED) is 0.783. The van der Waals surface area contributed by atoms with E-state index in [0.717, 1.165) is 6.07 Å². The average Bonchev–Trinajstić information content (AvgIpc) is 2.74. The van der Waals surface area contributed by atoms with E-state index in [-0.39, 0.29) is 23.1 Å². The lowest BCUT2D eigenvalue weighted by atomic mass is 9.95. The molecule has 0 saturated carbocycles. The van der Waals surface area contributed by atoms with Gasteiger partial charge in [-0.05, 0) is 33.8 Å². The summed E-state index contributed by atoms with van der Waals surface area (Å²) in [4.78, 5) is 3.57. The third-order valence-corrected chi connectivity index (χ3v) is 5.52. The number of pyridine rings is 1. The molecule has 136 valence electrons. The molecule has 0 aromatic carbocycles. The molecule has 24 heavy (non-hydrogen) atoms. The highest BCUT2D eigenvalue weighted by molar-refractivity contribution is 7.84. The van der Waals surface area contributed by atoms with Crippen LogP contribution in [0.3, 0.4) is 0 Å². The van der Waals surface area contributed by atoms with E-state index in [2.05, 4.69) is 9.71 Å². The van der Waals surface area contributed by atoms with E-state index in [0.29, 0.717) is 0 Å². The molecule has 2 rings (SSSR count). The summed E-state index contributed by atoms with van der Waals surface area (Å²) in [6.45, 7) is 6.94. The first-order valence-corrected chi connectivity index (χ1v) is 8.57. The van der Waals surface area contributed by atoms with Crippen LogP contribution < -0.4 is 9.46 Å². The van der Waals surface area contributed by atoms with Gasteiger partial charge in [0.25, 0.3) is 0 Å². The predicted octanol–water partition coefficient (Wildman–Crippen LogP) is 2.99. The van der Waals surface area contributed by atoms with Gasteiger partial charge in [-0.2, -0.15) is 13.2 Å². The number of rotatable bonds is 3. The van der Waals surface area contributed by atoms with Crippen LogP contribution in [0.25, 0.3) is 0 Å². The number of aliphatic hydroxyl groups is 1. The van der Waals surface area contributed by atoms with Gasteiger partial charge in [0.2, 0.25) is 0 Å². The van der Waals surface area contributed by atoms with Crippen molar-refractivity contribution < 1.29 is 27.2 Å². The highest BCUT2D eigenvalue weighted by Crippen LogP contribution is 2.44. The van der Waals surface area contributed by atoms with Gasteiger partial charge in [0.05, 0.1) is 27.0 Å². The first-order valence-electron chi connectivity index (χ1n) is 7.04. The molecule has 0 radical (unpaired) electrons. The fourth-order valence-corrected chi connectivity index (χ4v) is 3.25. The van der Waals surface area contributed by atoms with Crippen molar-refractivity contribution in [3.8, 4) is 5.75 Å². The maximum Gasteiger partial charge on any atom is 0.420 e. The van der Waals surface area contributed by atoms with Crippen LogP contribution >= 0.6 is 11.6 Å². The number of hydrogen-bond donors (Lipinski definition) is 2. The van der Waals surface area contributed by atoms with Crippen LogP contribution in [0.15, 0.2) is 6.07 Å². The molecule has 0 amide bonds. The molecule has 0 aliphatic carbocycles. The van der Waals surface area contributed by atoms with Gasteiger partial charge in [-0.15, -0.1) is 0 Å². The van der Waals surface area contributed by atoms with Crippen LogP contribution in [0.4, 0.5) is 13.2 Å². The molecule has 0 saturated heterocycles. The van der Waals surface area contributed by atoms with Crippen LogP contribution in [0.2, 0.25) is 5.15 Å². The minimum Gasteiger partial charge on any atom is -0.488 e. The molecule has 0 fully saturated rings. The van der Waals surface area contributed by atoms with Crippen molar-refractivity contribution in [3.63, 3.8) is 0 Å². The van der Waals surface area contributed by atoms with E-state index in [1.54, 1.807) is 27.7 Å². The minimum atomic E-state index is -4.87. The highest BCUT2D eigenvalue weighted by atomic mass is 35.5. The Balaban J connectivity index is 2.46. The number of halogens is 4. The van der Waals surface area contributed by atoms with Crippen LogP contribution in [0, 0.1) is 0 Å². The van der Waals surface area contributed by atoms with Crippen LogP contribution in [-0.2, 0) is 16.5 Å². The van der Waals surface area contributed by atoms with Crippen molar-refractivity contribution in [3.05, 3.63) is 22.5 Å². The molecule has 3 atom stereocenters. The number of fused-ring (bicyclic) bond motifs is 1. The van der Waals surface area contributed by atoms with Gasteiger partial charge in [0.15, 0.2) is 17.0 Å². The van der Waals surface area contributed by atoms with Gasteiger partial charge in [-0.1, -0.05) is 11.6 Å². The molecular weight excluding hydrogens is 369 g/mol. The van der Waals surface area contributed by atoms with E-state index < -0.39 is 39.2 Å². The molecule has 5 nitrogen and oxygen atoms in total. The van der Waals surface area contributed by atoms with E-state index >= 15 is 0 Å². The number of nitrogens with one attached hydrogen (secondary N) is 1. The van der Waals surface area contributed by atoms with Gasteiger partial charge in [-0.3, -0.25) is 0 Å². The molecule has 10 heteroatoms. The average molecular weight is 387 g/mol. The van der Waals surface area contributed by atoms with E-state index in [1.807, 2.05) is 0 Å². The fourth-order valence-electron chi connectivity index (χ4n) is 2.11. The third kappa shape index (κ3) is 3.68. The fraction of sp³-hybridized carbons (Fsp3) is 0.643. The van der Waals surface area contributed by atoms with Crippen molar-refractivity contribution in [2.24, 2.45) is 0 Å². The summed E-state index contributed by atoms with van der Waals surface area (Å²) in [5.74, 6) is 0.121. The Hall–Kier alpha value is -0.900. The molecule has 0 bridgehead atoms. The van der Waals surface area contributed by atoms with Crippen molar-refractivity contribution in [1.29, 1.82) is 0 Å². The number of nitrogens with zero attached hydrogens (tertiary/aromatic N) is 1. The molecule has 1 aromatic rings. The molecule has 2 N–H and O–H groups in total. The summed E-state index contributed by atoms with van der Waals surface area (Å²) in [6, 6.07) is 1.08. The van der Waals surface area contributed by atoms with Crippen molar-refractivity contribution >= 4 is 22.6 Å². The Morgan fingerprint density at radius 1 is 1.46 bits per heavy atom. The number of hydrogen-bond acceptors (Lipinski definition) is 4. The Kier molecular flexibility index (Phi) is 4.95. The second-order valence-corrected chi connectivity index (χ2v) is 9.09. The van der Waals surface area contributed by atoms with Crippen molar-refractivity contribution in [2.45, 2.75) is 50.3 Å². The first kappa shape index (κ1) is 19.4. The summed E-state index contributed by atoms with van der Waals surface area (Å²) in [5.41, 5.74) is -1.38. The first-order chi connectivity index (χ1) is 10.8. The Bertz CT molecular complexity index is 678. The van der Waals surface area contributed by atoms with E-state index in [9.17, 15) is 22.5 Å². The Morgan fingerprint density at radius 3 is 2.54 bits per heavy atom. The van der Waals surface area contributed by atoms with Gasteiger partial charge < -0.3 is 9.84 Å². The molecule has 1 aromatic heterocycles. The van der Waals surface area contributed by atoms with Crippen LogP contribution in [-0.4, -0.2) is 31.8 Å². The standard InChI is InChI=1S/C14H18ClF3N2O3S/c1-12(2,3)24(22)20-13(4)6-23-9-7(13)5-8(19-11(9)15)10(21)14(16,17)18/h5,10,20-21H,6H2,1-4H3. The molecule has 1 aliphatic heterocycles. The largest absolute Gasteiger partial charge is 0.488 e. The highest BCUT2D eigenvalue weighted by Gasteiger charge is 2.45. The second kappa shape index (κ2) is 6.12. The van der Waals surface area contributed by atoms with E-state index in [4.69, 9.17) is 16.3 Å². The summed E-state index contributed by atoms with van der Waals surface area (Å²) in [7, 11) is -1.49. The van der Waals surface area contributed by atoms with Gasteiger partial charge in [0, 0.05) is 5.56 Å². The van der Waals surface area contributed by atoms with Crippen molar-refractivity contribution in [1.82, 2.24) is 9.71 Å². The SMILES string of the molecule is CC1(NS(=O)C(C)(C)C)COc2c1cc(C(O)C(F)(F)F)nc2Cl. The zero-order valence-corrected chi connectivity index (χ0v) is 15.1. The maximum absolute atomic E-state index is 12.7. The van der Waals surface area contributed by atoms with Gasteiger partial charge in [0.1, 0.15) is 6.61 Å². The van der Waals surface area contributed by atoms with Gasteiger partial charge >= 0.3 is 6.18 Å². The minimum absolute atomic E-state index is 0.0249. The summed E-state index contributed by atoms with van der Waals surface area (Å²) in [5, 5.41) is 9.15. The summed E-state index contributed by atoms with van der Waals surface area (Å²) < 4.78 is 58.3. The maximum atomic E-state index is 12.7. The number of alkyl halides is 3. The molecule has 2 heterocycles. The zero-order chi connectivity index (χ0) is 18.5. The molecule has 1 aliphatic rings. The molecule has 0 spiro atoms. The Morgan fingerprint density at radius 2 is 2.04 bits per heavy atom. The lowest BCUT2D eigenvalue weighted by Crippen LogP contribution is -2.47. The van der Waals surface area contributed by atoms with Crippen LogP contribution in [0.1, 0.15) is 45.1 Å². The number of ether oxygens (including phenoxy) is 1. The third-order valence-electron chi connectivity index (χ3n) is 3.52.